The van der Waals surface area contributed by atoms with Gasteiger partial charge in [-0.25, -0.2) is 18.1 Å². The molecule has 1 aromatic heterocycles. The number of aromatic nitrogens is 2. The first-order valence-corrected chi connectivity index (χ1v) is 14.6. The molecular formula is C29H33F3N4O4S. The van der Waals surface area contributed by atoms with Gasteiger partial charge in [0.15, 0.2) is 0 Å². The summed E-state index contributed by atoms with van der Waals surface area (Å²) < 4.78 is 76.4. The molecule has 1 atom stereocenters. The van der Waals surface area contributed by atoms with Gasteiger partial charge in [-0.1, -0.05) is 45.0 Å². The van der Waals surface area contributed by atoms with Crippen LogP contribution in [0.1, 0.15) is 55.1 Å². The number of alkyl halides is 3. The number of sulfonamides is 1. The minimum absolute atomic E-state index is 0.00431. The van der Waals surface area contributed by atoms with Gasteiger partial charge in [0.05, 0.1) is 23.1 Å². The molecule has 0 saturated heterocycles. The van der Waals surface area contributed by atoms with Gasteiger partial charge in [-0.15, -0.1) is 0 Å². The van der Waals surface area contributed by atoms with E-state index in [0.29, 0.717) is 17.7 Å². The highest BCUT2D eigenvalue weighted by molar-refractivity contribution is 7.92. The smallest absolute Gasteiger partial charge is 0.391 e. The first-order chi connectivity index (χ1) is 19.0. The molecule has 3 aromatic rings. The third-order valence-electron chi connectivity index (χ3n) is 6.75. The van der Waals surface area contributed by atoms with Crippen molar-refractivity contribution in [3.05, 3.63) is 65.2 Å². The van der Waals surface area contributed by atoms with Gasteiger partial charge < -0.3 is 9.64 Å². The lowest BCUT2D eigenvalue weighted by molar-refractivity contribution is -0.147. The summed E-state index contributed by atoms with van der Waals surface area (Å²) in [5, 5.41) is 0. The molecule has 41 heavy (non-hydrogen) atoms. The second-order valence-electron chi connectivity index (χ2n) is 11.4. The lowest BCUT2D eigenvalue weighted by Gasteiger charge is -2.34. The molecule has 1 aliphatic heterocycles. The number of hydrogen-bond donors (Lipinski definition) is 1. The summed E-state index contributed by atoms with van der Waals surface area (Å²) in [6.07, 6.45) is -5.52. The summed E-state index contributed by atoms with van der Waals surface area (Å²) in [6, 6.07) is 10.8. The van der Waals surface area contributed by atoms with Crippen LogP contribution in [0.5, 0.6) is 5.88 Å². The molecular weight excluding hydrogens is 557 g/mol. The van der Waals surface area contributed by atoms with Crippen molar-refractivity contribution >= 4 is 21.9 Å². The van der Waals surface area contributed by atoms with Gasteiger partial charge in [0.25, 0.3) is 15.9 Å². The minimum atomic E-state index is -4.60. The van der Waals surface area contributed by atoms with E-state index in [-0.39, 0.29) is 34.2 Å². The first-order valence-electron chi connectivity index (χ1n) is 13.1. The van der Waals surface area contributed by atoms with Crippen LogP contribution in [0.15, 0.2) is 53.4 Å². The number of anilines is 1. The molecule has 4 rings (SSSR count). The van der Waals surface area contributed by atoms with Gasteiger partial charge in [0, 0.05) is 23.7 Å². The van der Waals surface area contributed by atoms with Crippen molar-refractivity contribution in [2.75, 3.05) is 17.9 Å². The van der Waals surface area contributed by atoms with Crippen LogP contribution < -0.4 is 9.46 Å². The van der Waals surface area contributed by atoms with Crippen molar-refractivity contribution in [1.29, 1.82) is 0 Å². The average Bonchev–Trinajstić information content (AvgIpc) is 2.85. The van der Waals surface area contributed by atoms with Crippen LogP contribution in [0.3, 0.4) is 0 Å². The topological polar surface area (TPSA) is 101 Å². The monoisotopic (exact) mass is 590 g/mol. The number of rotatable bonds is 4. The predicted molar refractivity (Wildman–Crippen MR) is 149 cm³/mol. The van der Waals surface area contributed by atoms with Crippen LogP contribution in [0, 0.1) is 19.3 Å². The number of carbonyl (C=O) groups is 1. The molecule has 0 fully saturated rings. The van der Waals surface area contributed by atoms with E-state index in [9.17, 15) is 26.4 Å². The summed E-state index contributed by atoms with van der Waals surface area (Å²) >= 11 is 0. The highest BCUT2D eigenvalue weighted by Gasteiger charge is 2.38. The molecule has 12 heteroatoms. The van der Waals surface area contributed by atoms with Crippen molar-refractivity contribution < 1.29 is 31.1 Å². The number of fused-ring (bicyclic) bond motifs is 4. The van der Waals surface area contributed by atoms with Crippen molar-refractivity contribution in [1.82, 2.24) is 14.9 Å². The molecule has 0 aliphatic carbocycles. The number of ether oxygens (including phenoxy) is 1. The largest absolute Gasteiger partial charge is 0.475 e. The van der Waals surface area contributed by atoms with E-state index in [0.717, 1.165) is 22.1 Å². The van der Waals surface area contributed by atoms with E-state index < -0.39 is 41.2 Å². The standard InChI is InChI=1S/C29H33F3N4O4S/c1-18-8-6-9-19(2)25(18)23-15-24-34-27(33-23)35-41(38,39)22-11-7-10-20(14-22)26(37)36(13-12-28(3,4)5)21(17-40-24)16-29(30,31)32/h6-11,14-15,21H,12-13,16-17H2,1-5H3,(H,33,34,35)/t21-/m1/s1. The molecule has 2 aromatic carbocycles. The Balaban J connectivity index is 1.90. The zero-order chi connectivity index (χ0) is 30.2. The Kier molecular flexibility index (Phi) is 8.35. The maximum atomic E-state index is 13.8. The van der Waals surface area contributed by atoms with Gasteiger partial charge in [-0.05, 0) is 55.0 Å². The van der Waals surface area contributed by atoms with Gasteiger partial charge >= 0.3 is 6.18 Å². The van der Waals surface area contributed by atoms with Crippen LogP contribution in [-0.2, 0) is 10.0 Å². The molecule has 0 radical (unpaired) electrons. The number of nitrogens with zero attached hydrogens (tertiary/aromatic N) is 3. The van der Waals surface area contributed by atoms with Crippen molar-refractivity contribution in [2.24, 2.45) is 5.41 Å². The zero-order valence-corrected chi connectivity index (χ0v) is 24.4. The third kappa shape index (κ3) is 7.55. The normalized spacial score (nSPS) is 17.5. The van der Waals surface area contributed by atoms with E-state index in [2.05, 4.69) is 14.7 Å². The lowest BCUT2D eigenvalue weighted by Crippen LogP contribution is -2.47. The molecule has 8 nitrogen and oxygen atoms in total. The summed E-state index contributed by atoms with van der Waals surface area (Å²) in [5.41, 5.74) is 2.39. The third-order valence-corrected chi connectivity index (χ3v) is 8.08. The van der Waals surface area contributed by atoms with Gasteiger partial charge in [-0.2, -0.15) is 18.2 Å². The SMILES string of the molecule is Cc1cccc(C)c1-c1cc2nc(n1)NS(=O)(=O)c1cccc(c1)C(=O)N(CCC(C)(C)C)[C@H](CC(F)(F)F)CO2. The Labute approximate surface area is 238 Å². The average molecular weight is 591 g/mol. The predicted octanol–water partition coefficient (Wildman–Crippen LogP) is 6.15. The molecule has 0 saturated carbocycles. The molecule has 1 N–H and O–H groups in total. The number of carbonyl (C=O) groups excluding carboxylic acids is 1. The number of hydrogen-bond acceptors (Lipinski definition) is 6. The van der Waals surface area contributed by atoms with Crippen molar-refractivity contribution in [2.45, 2.75) is 64.6 Å². The number of benzene rings is 2. The fourth-order valence-electron chi connectivity index (χ4n) is 4.65. The van der Waals surface area contributed by atoms with E-state index in [1.54, 1.807) is 0 Å². The fraction of sp³-hybridized carbons (Fsp3) is 0.414. The second kappa shape index (κ2) is 11.3. The number of halogens is 3. The zero-order valence-electron chi connectivity index (χ0n) is 23.5. The molecule has 0 spiro atoms. The Bertz CT molecular complexity index is 1530. The second-order valence-corrected chi connectivity index (χ2v) is 13.1. The molecule has 2 heterocycles. The molecule has 220 valence electrons. The summed E-state index contributed by atoms with van der Waals surface area (Å²) in [5.74, 6) is -1.16. The summed E-state index contributed by atoms with van der Waals surface area (Å²) in [7, 11) is -4.28. The highest BCUT2D eigenvalue weighted by Crippen LogP contribution is 2.32. The van der Waals surface area contributed by atoms with Crippen molar-refractivity contribution in [3.8, 4) is 17.1 Å². The summed E-state index contributed by atoms with van der Waals surface area (Å²) in [6.45, 7) is 8.97. The number of nitrogens with one attached hydrogen (secondary N) is 1. The Morgan fingerprint density at radius 3 is 2.32 bits per heavy atom. The van der Waals surface area contributed by atoms with Crippen molar-refractivity contribution in [3.63, 3.8) is 0 Å². The number of amides is 1. The molecule has 0 unspecified atom stereocenters. The Morgan fingerprint density at radius 2 is 1.68 bits per heavy atom. The highest BCUT2D eigenvalue weighted by atomic mass is 32.2. The van der Waals surface area contributed by atoms with Crippen LogP contribution in [0.4, 0.5) is 19.1 Å². The lowest BCUT2D eigenvalue weighted by atomic mass is 9.91. The quantitative estimate of drug-likeness (QED) is 0.391. The Hall–Kier alpha value is -3.67. The fourth-order valence-corrected chi connectivity index (χ4v) is 5.64. The first kappa shape index (κ1) is 30.3. The van der Waals surface area contributed by atoms with Gasteiger partial charge in [-0.3, -0.25) is 4.79 Å². The van der Waals surface area contributed by atoms with E-state index in [1.807, 2.05) is 52.8 Å². The molecule has 1 amide bonds. The molecule has 4 bridgehead atoms. The van der Waals surface area contributed by atoms with Gasteiger partial charge in [0.1, 0.15) is 6.61 Å². The van der Waals surface area contributed by atoms with Crippen LogP contribution in [0.25, 0.3) is 11.3 Å². The molecule has 1 aliphatic rings. The van der Waals surface area contributed by atoms with E-state index >= 15 is 0 Å². The summed E-state index contributed by atoms with van der Waals surface area (Å²) in [4.78, 5) is 23.1. The minimum Gasteiger partial charge on any atom is -0.475 e. The van der Waals surface area contributed by atoms with E-state index in [4.69, 9.17) is 4.74 Å². The number of aryl methyl sites for hydroxylation is 2. The maximum Gasteiger partial charge on any atom is 0.391 e. The maximum absolute atomic E-state index is 13.8. The van der Waals surface area contributed by atoms with E-state index in [1.165, 1.54) is 24.3 Å². The van der Waals surface area contributed by atoms with Gasteiger partial charge in [0.2, 0.25) is 11.8 Å². The van der Waals surface area contributed by atoms with Crippen LogP contribution >= 0.6 is 0 Å². The van der Waals surface area contributed by atoms with Crippen LogP contribution in [0.2, 0.25) is 0 Å². The van der Waals surface area contributed by atoms with Crippen LogP contribution in [-0.4, -0.2) is 54.6 Å². The Morgan fingerprint density at radius 1 is 1.02 bits per heavy atom.